The summed E-state index contributed by atoms with van der Waals surface area (Å²) in [5, 5.41) is 8.47. The van der Waals surface area contributed by atoms with Crippen LogP contribution in [0.25, 0.3) is 10.9 Å². The Morgan fingerprint density at radius 1 is 1.29 bits per heavy atom. The van der Waals surface area contributed by atoms with Crippen LogP contribution in [-0.2, 0) is 6.42 Å². The highest BCUT2D eigenvalue weighted by atomic mass is 79.9. The van der Waals surface area contributed by atoms with Crippen LogP contribution in [0.5, 0.6) is 5.75 Å². The summed E-state index contributed by atoms with van der Waals surface area (Å²) in [4.78, 5) is 2.33. The van der Waals surface area contributed by atoms with Crippen molar-refractivity contribution in [2.45, 2.75) is 43.9 Å². The van der Waals surface area contributed by atoms with Crippen molar-refractivity contribution in [3.8, 4) is 5.75 Å². The maximum Gasteiger partial charge on any atom is 0.125 e. The first-order valence-corrected chi connectivity index (χ1v) is 10.5. The highest BCUT2D eigenvalue weighted by molar-refractivity contribution is 9.10. The van der Waals surface area contributed by atoms with E-state index in [0.717, 1.165) is 33.1 Å². The second kappa shape index (κ2) is 6.56. The Hall–Kier alpha value is -1.92. The van der Waals surface area contributed by atoms with E-state index >= 15 is 0 Å². The van der Waals surface area contributed by atoms with Gasteiger partial charge in [0.05, 0.1) is 24.9 Å². The van der Waals surface area contributed by atoms with E-state index in [1.165, 1.54) is 11.1 Å². The van der Waals surface area contributed by atoms with Gasteiger partial charge < -0.3 is 4.74 Å². The molecule has 6 heteroatoms. The number of ether oxygens (including phenoxy) is 1. The van der Waals surface area contributed by atoms with Crippen LogP contribution in [0, 0.1) is 0 Å². The van der Waals surface area contributed by atoms with Gasteiger partial charge in [0.15, 0.2) is 0 Å². The monoisotopic (exact) mass is 443 g/mol. The van der Waals surface area contributed by atoms with E-state index in [1.54, 1.807) is 7.11 Å². The molecule has 0 spiro atoms. The van der Waals surface area contributed by atoms with E-state index in [9.17, 15) is 4.39 Å². The molecule has 2 aliphatic rings. The minimum atomic E-state index is -1.05. The lowest BCUT2D eigenvalue weighted by atomic mass is 9.83. The standard InChI is InChI=1S/C22H23BrFN3O/c1-13-9-17-15(5-6-19-18(17)11-25-26-19)21(27(13)12-22(24)7-8-22)16-4-3-14(23)10-20(16)28-2/h3-6,10-11,13,21H,7-9,12H2,1-2H3,(H,25,26)/t13-,21+/m1/s1. The molecule has 3 aromatic rings. The smallest absolute Gasteiger partial charge is 0.125 e. The number of alkyl halides is 1. The molecule has 146 valence electrons. The van der Waals surface area contributed by atoms with Crippen LogP contribution in [0.15, 0.2) is 41.0 Å². The van der Waals surface area contributed by atoms with Gasteiger partial charge in [0, 0.05) is 28.0 Å². The van der Waals surface area contributed by atoms with Crippen molar-refractivity contribution in [3.63, 3.8) is 0 Å². The maximum atomic E-state index is 14.9. The quantitative estimate of drug-likeness (QED) is 0.604. The molecule has 1 aliphatic heterocycles. The number of benzene rings is 2. The molecule has 1 fully saturated rings. The zero-order valence-electron chi connectivity index (χ0n) is 16.0. The number of nitrogens with one attached hydrogen (secondary N) is 1. The summed E-state index contributed by atoms with van der Waals surface area (Å²) >= 11 is 3.54. The highest BCUT2D eigenvalue weighted by Gasteiger charge is 2.48. The van der Waals surface area contributed by atoms with Crippen LogP contribution in [-0.4, -0.2) is 40.5 Å². The molecular formula is C22H23BrFN3O. The molecule has 0 unspecified atom stereocenters. The molecule has 0 bridgehead atoms. The second-order valence-electron chi connectivity index (χ2n) is 8.13. The summed E-state index contributed by atoms with van der Waals surface area (Å²) in [6, 6.07) is 10.5. The number of fused-ring (bicyclic) bond motifs is 3. The Labute approximate surface area is 172 Å². The third-order valence-electron chi connectivity index (χ3n) is 6.21. The fraction of sp³-hybridized carbons (Fsp3) is 0.409. The maximum absolute atomic E-state index is 14.9. The van der Waals surface area contributed by atoms with Gasteiger partial charge in [-0.05, 0) is 55.5 Å². The number of methoxy groups -OCH3 is 1. The number of halogens is 2. The molecule has 2 atom stereocenters. The number of aromatic nitrogens is 2. The van der Waals surface area contributed by atoms with Crippen molar-refractivity contribution in [2.24, 2.45) is 0 Å². The van der Waals surface area contributed by atoms with Gasteiger partial charge in [-0.15, -0.1) is 0 Å². The lowest BCUT2D eigenvalue weighted by Gasteiger charge is -2.43. The van der Waals surface area contributed by atoms with E-state index in [2.05, 4.69) is 56.2 Å². The van der Waals surface area contributed by atoms with Crippen molar-refractivity contribution in [2.75, 3.05) is 13.7 Å². The van der Waals surface area contributed by atoms with Crippen LogP contribution >= 0.6 is 15.9 Å². The SMILES string of the molecule is COc1cc(Br)ccc1[C@@H]1c2ccc3[nH]ncc3c2C[C@@H](C)N1CC1(F)CC1. The number of aromatic amines is 1. The average molecular weight is 444 g/mol. The fourth-order valence-corrected chi connectivity index (χ4v) is 4.89. The second-order valence-corrected chi connectivity index (χ2v) is 9.05. The third kappa shape index (κ3) is 2.94. The fourth-order valence-electron chi connectivity index (χ4n) is 4.55. The van der Waals surface area contributed by atoms with E-state index in [4.69, 9.17) is 4.74 Å². The van der Waals surface area contributed by atoms with E-state index in [0.29, 0.717) is 19.4 Å². The summed E-state index contributed by atoms with van der Waals surface area (Å²) in [5.41, 5.74) is 3.59. The van der Waals surface area contributed by atoms with Crippen molar-refractivity contribution < 1.29 is 9.13 Å². The van der Waals surface area contributed by atoms with Crippen molar-refractivity contribution >= 4 is 26.8 Å². The molecule has 5 rings (SSSR count). The molecule has 2 aromatic carbocycles. The first kappa shape index (κ1) is 18.1. The Morgan fingerprint density at radius 2 is 2.07 bits per heavy atom. The van der Waals surface area contributed by atoms with Crippen LogP contribution in [0.3, 0.4) is 0 Å². The van der Waals surface area contributed by atoms with Gasteiger partial charge in [-0.2, -0.15) is 5.10 Å². The first-order valence-electron chi connectivity index (χ1n) is 9.72. The Morgan fingerprint density at radius 3 is 2.82 bits per heavy atom. The van der Waals surface area contributed by atoms with Gasteiger partial charge in [-0.25, -0.2) is 4.39 Å². The predicted molar refractivity (Wildman–Crippen MR) is 112 cm³/mol. The summed E-state index contributed by atoms with van der Waals surface area (Å²) in [6.45, 7) is 2.66. The Balaban J connectivity index is 1.71. The Kier molecular flexibility index (Phi) is 4.25. The van der Waals surface area contributed by atoms with Crippen LogP contribution in [0.2, 0.25) is 0 Å². The molecule has 0 amide bonds. The van der Waals surface area contributed by atoms with Crippen LogP contribution in [0.4, 0.5) is 4.39 Å². The van der Waals surface area contributed by atoms with Gasteiger partial charge in [0.1, 0.15) is 11.4 Å². The van der Waals surface area contributed by atoms with E-state index < -0.39 is 5.67 Å². The normalized spacial score (nSPS) is 23.6. The zero-order valence-corrected chi connectivity index (χ0v) is 17.6. The van der Waals surface area contributed by atoms with E-state index in [-0.39, 0.29) is 12.1 Å². The topological polar surface area (TPSA) is 41.1 Å². The summed E-state index contributed by atoms with van der Waals surface area (Å²) in [5.74, 6) is 0.820. The summed E-state index contributed by atoms with van der Waals surface area (Å²) in [6.07, 6.45) is 4.11. The molecule has 28 heavy (non-hydrogen) atoms. The lowest BCUT2D eigenvalue weighted by molar-refractivity contribution is 0.0973. The van der Waals surface area contributed by atoms with Gasteiger partial charge in [-0.3, -0.25) is 10.00 Å². The molecule has 1 N–H and O–H groups in total. The molecule has 1 saturated carbocycles. The number of nitrogens with zero attached hydrogens (tertiary/aromatic N) is 2. The Bertz CT molecular complexity index is 1050. The summed E-state index contributed by atoms with van der Waals surface area (Å²) < 4.78 is 21.6. The van der Waals surface area contributed by atoms with Crippen molar-refractivity contribution in [3.05, 3.63) is 57.7 Å². The lowest BCUT2D eigenvalue weighted by Crippen LogP contribution is -2.46. The van der Waals surface area contributed by atoms with Gasteiger partial charge >= 0.3 is 0 Å². The number of H-pyrrole nitrogens is 1. The number of hydrogen-bond donors (Lipinski definition) is 1. The first-order chi connectivity index (χ1) is 13.5. The predicted octanol–water partition coefficient (Wildman–Crippen LogP) is 5.17. The number of hydrogen-bond acceptors (Lipinski definition) is 3. The van der Waals surface area contributed by atoms with Crippen LogP contribution < -0.4 is 4.74 Å². The average Bonchev–Trinajstić information content (AvgIpc) is 3.21. The largest absolute Gasteiger partial charge is 0.496 e. The zero-order chi connectivity index (χ0) is 19.5. The van der Waals surface area contributed by atoms with Gasteiger partial charge in [-0.1, -0.05) is 28.1 Å². The van der Waals surface area contributed by atoms with Gasteiger partial charge in [0.25, 0.3) is 0 Å². The van der Waals surface area contributed by atoms with Crippen molar-refractivity contribution in [1.29, 1.82) is 0 Å². The molecule has 1 aliphatic carbocycles. The molecule has 4 nitrogen and oxygen atoms in total. The highest BCUT2D eigenvalue weighted by Crippen LogP contribution is 2.48. The summed E-state index contributed by atoms with van der Waals surface area (Å²) in [7, 11) is 1.69. The molecule has 0 saturated heterocycles. The minimum absolute atomic E-state index is 0.0469. The molecule has 2 heterocycles. The molecular weight excluding hydrogens is 421 g/mol. The molecule has 0 radical (unpaired) electrons. The minimum Gasteiger partial charge on any atom is -0.496 e. The third-order valence-corrected chi connectivity index (χ3v) is 6.71. The van der Waals surface area contributed by atoms with Crippen molar-refractivity contribution in [1.82, 2.24) is 15.1 Å². The van der Waals surface area contributed by atoms with E-state index in [1.807, 2.05) is 18.3 Å². The number of rotatable bonds is 4. The van der Waals surface area contributed by atoms with Gasteiger partial charge in [0.2, 0.25) is 0 Å². The van der Waals surface area contributed by atoms with Crippen LogP contribution in [0.1, 0.15) is 42.5 Å². The molecule has 1 aromatic heterocycles.